The van der Waals surface area contributed by atoms with Crippen molar-refractivity contribution < 1.29 is 9.21 Å². The zero-order valence-corrected chi connectivity index (χ0v) is 15.6. The second-order valence-electron chi connectivity index (χ2n) is 7.21. The molecule has 2 aliphatic heterocycles. The molecule has 2 aliphatic rings. The van der Waals surface area contributed by atoms with E-state index in [-0.39, 0.29) is 5.91 Å². The minimum absolute atomic E-state index is 0.0235. The number of oxazole rings is 1. The normalized spacial score (nSPS) is 19.3. The number of carbonyl (C=O) groups excluding carboxylic acids is 1. The summed E-state index contributed by atoms with van der Waals surface area (Å²) in [5.74, 6) is 0.604. The topological polar surface area (TPSA) is 64.9 Å². The van der Waals surface area contributed by atoms with Crippen LogP contribution in [-0.2, 0) is 13.1 Å². The molecule has 2 fully saturated rings. The Morgan fingerprint density at radius 1 is 0.963 bits per heavy atom. The van der Waals surface area contributed by atoms with E-state index >= 15 is 0 Å². The summed E-state index contributed by atoms with van der Waals surface area (Å²) in [5.41, 5.74) is 1.74. The van der Waals surface area contributed by atoms with Crippen molar-refractivity contribution in [2.75, 3.05) is 52.4 Å². The van der Waals surface area contributed by atoms with Gasteiger partial charge in [-0.25, -0.2) is 4.98 Å². The molecule has 1 aromatic heterocycles. The molecule has 3 heterocycles. The van der Waals surface area contributed by atoms with Crippen molar-refractivity contribution in [1.82, 2.24) is 25.0 Å². The average Bonchev–Trinajstić information content (AvgIpc) is 3.18. The van der Waals surface area contributed by atoms with Gasteiger partial charge in [0.1, 0.15) is 6.26 Å². The van der Waals surface area contributed by atoms with E-state index in [2.05, 4.69) is 44.4 Å². The lowest BCUT2D eigenvalue weighted by Gasteiger charge is -2.34. The highest BCUT2D eigenvalue weighted by atomic mass is 16.3. The average molecular weight is 369 g/mol. The van der Waals surface area contributed by atoms with Crippen molar-refractivity contribution in [3.63, 3.8) is 0 Å². The van der Waals surface area contributed by atoms with E-state index in [4.69, 9.17) is 4.42 Å². The van der Waals surface area contributed by atoms with Gasteiger partial charge in [0.15, 0.2) is 5.69 Å². The van der Waals surface area contributed by atoms with E-state index in [0.717, 1.165) is 58.9 Å². The highest BCUT2D eigenvalue weighted by molar-refractivity contribution is 5.92. The van der Waals surface area contributed by atoms with Crippen molar-refractivity contribution in [2.45, 2.75) is 13.1 Å². The van der Waals surface area contributed by atoms with Crippen LogP contribution in [0.3, 0.4) is 0 Å². The predicted molar refractivity (Wildman–Crippen MR) is 102 cm³/mol. The number of hydrogen-bond acceptors (Lipinski definition) is 6. The molecule has 0 atom stereocenters. The molecule has 2 saturated heterocycles. The van der Waals surface area contributed by atoms with Gasteiger partial charge in [-0.2, -0.15) is 0 Å². The van der Waals surface area contributed by atoms with Gasteiger partial charge in [0, 0.05) is 58.9 Å². The summed E-state index contributed by atoms with van der Waals surface area (Å²) in [6, 6.07) is 10.5. The van der Waals surface area contributed by atoms with Gasteiger partial charge in [0.25, 0.3) is 5.91 Å². The fraction of sp³-hybridized carbons (Fsp3) is 0.500. The van der Waals surface area contributed by atoms with Crippen molar-refractivity contribution in [2.24, 2.45) is 0 Å². The van der Waals surface area contributed by atoms with Gasteiger partial charge in [-0.05, 0) is 5.56 Å². The van der Waals surface area contributed by atoms with E-state index in [1.165, 1.54) is 11.8 Å². The van der Waals surface area contributed by atoms with Crippen LogP contribution in [0.2, 0.25) is 0 Å². The number of benzene rings is 1. The fourth-order valence-corrected chi connectivity index (χ4v) is 3.65. The van der Waals surface area contributed by atoms with Crippen LogP contribution in [-0.4, -0.2) is 77.9 Å². The summed E-state index contributed by atoms with van der Waals surface area (Å²) in [4.78, 5) is 23.7. The minimum Gasteiger partial charge on any atom is -0.447 e. The molecule has 1 N–H and O–H groups in total. The summed E-state index contributed by atoms with van der Waals surface area (Å²) in [6.45, 7) is 8.75. The fourth-order valence-electron chi connectivity index (χ4n) is 3.65. The highest BCUT2D eigenvalue weighted by Crippen LogP contribution is 2.13. The molecular weight excluding hydrogens is 342 g/mol. The van der Waals surface area contributed by atoms with Crippen molar-refractivity contribution >= 4 is 5.91 Å². The minimum atomic E-state index is -0.0235. The van der Waals surface area contributed by atoms with Crippen LogP contribution in [0, 0.1) is 0 Å². The first-order valence-corrected chi connectivity index (χ1v) is 9.71. The lowest BCUT2D eigenvalue weighted by atomic mass is 10.2. The maximum absolute atomic E-state index is 12.7. The van der Waals surface area contributed by atoms with Crippen LogP contribution in [0.1, 0.15) is 21.9 Å². The molecule has 7 heteroatoms. The third kappa shape index (κ3) is 4.74. The number of hydrogen-bond donors (Lipinski definition) is 1. The Hall–Kier alpha value is -2.22. The SMILES string of the molecule is O=C(c1coc(CN2CCNCC2)n1)N1CCN(Cc2ccccc2)CC1. The molecule has 144 valence electrons. The van der Waals surface area contributed by atoms with E-state index in [9.17, 15) is 4.79 Å². The third-order valence-corrected chi connectivity index (χ3v) is 5.25. The molecule has 1 amide bonds. The van der Waals surface area contributed by atoms with Crippen molar-refractivity contribution in [3.8, 4) is 0 Å². The van der Waals surface area contributed by atoms with Gasteiger partial charge >= 0.3 is 0 Å². The quantitative estimate of drug-likeness (QED) is 0.850. The number of piperazine rings is 2. The lowest BCUT2D eigenvalue weighted by molar-refractivity contribution is 0.0622. The first-order valence-electron chi connectivity index (χ1n) is 9.71. The van der Waals surface area contributed by atoms with Crippen molar-refractivity contribution in [3.05, 3.63) is 53.7 Å². The summed E-state index contributed by atoms with van der Waals surface area (Å²) >= 11 is 0. The van der Waals surface area contributed by atoms with Gasteiger partial charge in [-0.3, -0.25) is 14.6 Å². The monoisotopic (exact) mass is 369 g/mol. The van der Waals surface area contributed by atoms with E-state index in [1.54, 1.807) is 0 Å². The second kappa shape index (κ2) is 8.65. The first kappa shape index (κ1) is 18.2. The molecule has 0 aliphatic carbocycles. The zero-order chi connectivity index (χ0) is 18.5. The predicted octanol–water partition coefficient (Wildman–Crippen LogP) is 1.04. The number of nitrogens with one attached hydrogen (secondary N) is 1. The summed E-state index contributed by atoms with van der Waals surface area (Å²) in [5, 5.41) is 3.33. The molecule has 7 nitrogen and oxygen atoms in total. The van der Waals surface area contributed by atoms with Crippen molar-refractivity contribution in [1.29, 1.82) is 0 Å². The second-order valence-corrected chi connectivity index (χ2v) is 7.21. The Bertz CT molecular complexity index is 734. The van der Waals surface area contributed by atoms with Gasteiger partial charge in [0.2, 0.25) is 5.89 Å². The first-order chi connectivity index (χ1) is 13.3. The molecule has 0 bridgehead atoms. The summed E-state index contributed by atoms with van der Waals surface area (Å²) in [6.07, 6.45) is 1.51. The molecular formula is C20H27N5O2. The number of carbonyl (C=O) groups is 1. The number of aromatic nitrogens is 1. The lowest BCUT2D eigenvalue weighted by Crippen LogP contribution is -2.48. The molecule has 1 aromatic carbocycles. The van der Waals surface area contributed by atoms with Crippen LogP contribution in [0.25, 0.3) is 0 Å². The molecule has 27 heavy (non-hydrogen) atoms. The van der Waals surface area contributed by atoms with E-state index in [0.29, 0.717) is 18.1 Å². The Labute approximate surface area is 159 Å². The summed E-state index contributed by atoms with van der Waals surface area (Å²) in [7, 11) is 0. The molecule has 0 unspecified atom stereocenters. The third-order valence-electron chi connectivity index (χ3n) is 5.25. The van der Waals surface area contributed by atoms with Crippen LogP contribution >= 0.6 is 0 Å². The number of amides is 1. The van der Waals surface area contributed by atoms with Gasteiger partial charge in [-0.15, -0.1) is 0 Å². The molecule has 2 aromatic rings. The smallest absolute Gasteiger partial charge is 0.275 e. The number of rotatable bonds is 5. The van der Waals surface area contributed by atoms with Crippen LogP contribution in [0.4, 0.5) is 0 Å². The Morgan fingerprint density at radius 2 is 1.67 bits per heavy atom. The Kier molecular flexibility index (Phi) is 5.81. The summed E-state index contributed by atoms with van der Waals surface area (Å²) < 4.78 is 5.55. The standard InChI is InChI=1S/C20H27N5O2/c26-20(18-16-27-19(22-18)15-23-8-6-21-7-9-23)25-12-10-24(11-13-25)14-17-4-2-1-3-5-17/h1-5,16,21H,6-15H2. The maximum atomic E-state index is 12.7. The van der Waals surface area contributed by atoms with Gasteiger partial charge < -0.3 is 14.6 Å². The Balaban J connectivity index is 1.28. The maximum Gasteiger partial charge on any atom is 0.275 e. The zero-order valence-electron chi connectivity index (χ0n) is 15.6. The molecule has 0 radical (unpaired) electrons. The van der Waals surface area contributed by atoms with Gasteiger partial charge in [-0.1, -0.05) is 30.3 Å². The molecule has 0 spiro atoms. The number of nitrogens with zero attached hydrogens (tertiary/aromatic N) is 4. The van der Waals surface area contributed by atoms with E-state index in [1.807, 2.05) is 11.0 Å². The largest absolute Gasteiger partial charge is 0.447 e. The Morgan fingerprint density at radius 3 is 2.41 bits per heavy atom. The highest BCUT2D eigenvalue weighted by Gasteiger charge is 2.25. The molecule has 0 saturated carbocycles. The molecule has 4 rings (SSSR count). The van der Waals surface area contributed by atoms with Crippen LogP contribution in [0.15, 0.2) is 41.0 Å². The van der Waals surface area contributed by atoms with Crippen LogP contribution in [0.5, 0.6) is 0 Å². The van der Waals surface area contributed by atoms with Crippen LogP contribution < -0.4 is 5.32 Å². The van der Waals surface area contributed by atoms with E-state index < -0.39 is 0 Å². The van der Waals surface area contributed by atoms with Gasteiger partial charge in [0.05, 0.1) is 6.54 Å².